The third-order valence-electron chi connectivity index (χ3n) is 5.07. The van der Waals surface area contributed by atoms with Gasteiger partial charge in [0.25, 0.3) is 9.84 Å². The van der Waals surface area contributed by atoms with E-state index in [9.17, 15) is 26.8 Å². The van der Waals surface area contributed by atoms with Gasteiger partial charge in [-0.2, -0.15) is 8.78 Å². The molecule has 0 saturated heterocycles. The number of nitrogens with one attached hydrogen (secondary N) is 2. The van der Waals surface area contributed by atoms with Gasteiger partial charge in [-0.05, 0) is 30.0 Å². The third-order valence-corrected chi connectivity index (χ3v) is 7.68. The van der Waals surface area contributed by atoms with E-state index in [1.807, 2.05) is 0 Å². The molecule has 0 spiro atoms. The summed E-state index contributed by atoms with van der Waals surface area (Å²) in [6.07, 6.45) is 5.25. The molecular weight excluding hydrogens is 472 g/mol. The Morgan fingerprint density at radius 1 is 1.18 bits per heavy atom. The van der Waals surface area contributed by atoms with Crippen molar-refractivity contribution in [2.45, 2.75) is 23.1 Å². The highest BCUT2D eigenvalue weighted by molar-refractivity contribution is 7.94. The normalized spacial score (nSPS) is 16.5. The largest absolute Gasteiger partial charge is 0.411 e. The number of hydrogen-bond acceptors (Lipinski definition) is 6. The SMILES string of the molecule is C#Cc1nc(NC(=O)NC(C)c2ccc(-c3cccc4c3S(=O)(=O)C(F)(F)C4=O)cc2)cs1. The Morgan fingerprint density at radius 2 is 1.85 bits per heavy atom. The van der Waals surface area contributed by atoms with Crippen LogP contribution in [0.3, 0.4) is 0 Å². The lowest BCUT2D eigenvalue weighted by atomic mass is 9.99. The first-order chi connectivity index (χ1) is 15.6. The molecule has 0 radical (unpaired) electrons. The lowest BCUT2D eigenvalue weighted by Crippen LogP contribution is -2.31. The van der Waals surface area contributed by atoms with E-state index in [0.29, 0.717) is 22.0 Å². The quantitative estimate of drug-likeness (QED) is 0.536. The van der Waals surface area contributed by atoms with Crippen molar-refractivity contribution >= 4 is 38.8 Å². The van der Waals surface area contributed by atoms with Gasteiger partial charge >= 0.3 is 11.3 Å². The van der Waals surface area contributed by atoms with E-state index in [-0.39, 0.29) is 5.56 Å². The van der Waals surface area contributed by atoms with Crippen molar-refractivity contribution in [1.82, 2.24) is 10.3 Å². The van der Waals surface area contributed by atoms with Crippen molar-refractivity contribution < 1.29 is 26.8 Å². The van der Waals surface area contributed by atoms with Gasteiger partial charge in [0.05, 0.1) is 10.9 Å². The number of thiazole rings is 1. The summed E-state index contributed by atoms with van der Waals surface area (Å²) in [7, 11) is -5.15. The van der Waals surface area contributed by atoms with Gasteiger partial charge < -0.3 is 5.32 Å². The molecule has 0 aliphatic carbocycles. The first kappa shape index (κ1) is 22.6. The maximum absolute atomic E-state index is 14.1. The Labute approximate surface area is 191 Å². The standard InChI is InChI=1S/C22H15F2N3O4S2/c1-3-18-26-17(11-32-18)27-21(29)25-12(2)13-7-9-14(10-8-13)15-5-4-6-16-19(15)33(30,31)22(23,24)20(16)28/h1,4-12H,2H3,(H2,25,27,29). The summed E-state index contributed by atoms with van der Waals surface area (Å²) in [5.41, 5.74) is 0.498. The van der Waals surface area contributed by atoms with E-state index < -0.39 is 43.4 Å². The zero-order valence-electron chi connectivity index (χ0n) is 16.9. The first-order valence-corrected chi connectivity index (χ1v) is 11.8. The number of aromatic nitrogens is 1. The van der Waals surface area contributed by atoms with Gasteiger partial charge in [-0.25, -0.2) is 18.2 Å². The smallest absolute Gasteiger partial charge is 0.331 e. The Hall–Kier alpha value is -3.62. The molecule has 0 fully saturated rings. The predicted molar refractivity (Wildman–Crippen MR) is 119 cm³/mol. The zero-order chi connectivity index (χ0) is 24.0. The van der Waals surface area contributed by atoms with E-state index >= 15 is 0 Å². The number of carbonyl (C=O) groups excluding carboxylic acids is 2. The molecular formula is C22H15F2N3O4S2. The van der Waals surface area contributed by atoms with Crippen LogP contribution in [0.25, 0.3) is 11.1 Å². The average Bonchev–Trinajstić information content (AvgIpc) is 3.29. The van der Waals surface area contributed by atoms with Crippen LogP contribution < -0.4 is 10.6 Å². The summed E-state index contributed by atoms with van der Waals surface area (Å²) in [4.78, 5) is 27.5. The van der Waals surface area contributed by atoms with Gasteiger partial charge in [0.1, 0.15) is 5.82 Å². The lowest BCUT2D eigenvalue weighted by molar-refractivity contribution is 0.0549. The fourth-order valence-electron chi connectivity index (χ4n) is 3.42. The summed E-state index contributed by atoms with van der Waals surface area (Å²) in [5, 5.41) is 2.84. The second-order valence-electron chi connectivity index (χ2n) is 7.16. The topological polar surface area (TPSA) is 105 Å². The number of terminal acetylenes is 1. The minimum absolute atomic E-state index is 0.00998. The molecule has 1 aromatic heterocycles. The molecule has 1 aliphatic heterocycles. The van der Waals surface area contributed by atoms with Gasteiger partial charge in [-0.3, -0.25) is 10.1 Å². The molecule has 7 nitrogen and oxygen atoms in total. The van der Waals surface area contributed by atoms with Crippen LogP contribution in [-0.4, -0.2) is 30.5 Å². The molecule has 11 heteroatoms. The number of Topliss-reactive ketones (excluding diaryl/α,β-unsaturated/α-hetero) is 1. The van der Waals surface area contributed by atoms with Crippen LogP contribution in [0, 0.1) is 12.3 Å². The van der Waals surface area contributed by atoms with Crippen LogP contribution in [0.2, 0.25) is 0 Å². The second kappa shape index (κ2) is 8.06. The number of anilines is 1. The minimum Gasteiger partial charge on any atom is -0.331 e. The number of amides is 2. The van der Waals surface area contributed by atoms with Crippen LogP contribution in [-0.2, 0) is 9.84 Å². The van der Waals surface area contributed by atoms with Crippen molar-refractivity contribution in [3.8, 4) is 23.5 Å². The molecule has 4 rings (SSSR count). The lowest BCUT2D eigenvalue weighted by Gasteiger charge is -2.15. The minimum atomic E-state index is -5.15. The van der Waals surface area contributed by atoms with Crippen molar-refractivity contribution in [1.29, 1.82) is 0 Å². The number of sulfone groups is 1. The molecule has 2 aromatic carbocycles. The zero-order valence-corrected chi connectivity index (χ0v) is 18.6. The molecule has 3 aromatic rings. The van der Waals surface area contributed by atoms with E-state index in [4.69, 9.17) is 6.42 Å². The van der Waals surface area contributed by atoms with Crippen molar-refractivity contribution in [2.75, 3.05) is 5.32 Å². The van der Waals surface area contributed by atoms with Crippen LogP contribution in [0.4, 0.5) is 19.4 Å². The highest BCUT2D eigenvalue weighted by Gasteiger charge is 2.61. The second-order valence-corrected chi connectivity index (χ2v) is 9.94. The van der Waals surface area contributed by atoms with Crippen LogP contribution in [0.15, 0.2) is 52.7 Å². The van der Waals surface area contributed by atoms with E-state index in [1.165, 1.54) is 35.6 Å². The maximum atomic E-state index is 14.1. The number of ketones is 1. The Kier molecular flexibility index (Phi) is 5.51. The third kappa shape index (κ3) is 3.77. The number of alkyl halides is 2. The number of nitrogens with zero attached hydrogens (tertiary/aromatic N) is 1. The van der Waals surface area contributed by atoms with E-state index in [2.05, 4.69) is 21.5 Å². The summed E-state index contributed by atoms with van der Waals surface area (Å²) < 4.78 is 52.8. The van der Waals surface area contributed by atoms with E-state index in [1.54, 1.807) is 24.4 Å². The molecule has 1 aliphatic rings. The maximum Gasteiger partial charge on any atom is 0.411 e. The molecule has 0 bridgehead atoms. The monoisotopic (exact) mass is 487 g/mol. The van der Waals surface area contributed by atoms with E-state index in [0.717, 1.165) is 6.07 Å². The number of halogens is 2. The fraction of sp³-hybridized carbons (Fsp3) is 0.136. The number of urea groups is 1. The highest BCUT2D eigenvalue weighted by atomic mass is 32.2. The molecule has 2 amide bonds. The summed E-state index contributed by atoms with van der Waals surface area (Å²) in [5.74, 6) is 0.962. The summed E-state index contributed by atoms with van der Waals surface area (Å²) >= 11 is 1.21. The molecule has 1 unspecified atom stereocenters. The molecule has 33 heavy (non-hydrogen) atoms. The molecule has 0 saturated carbocycles. The van der Waals surface area contributed by atoms with Crippen molar-refractivity contribution in [3.63, 3.8) is 0 Å². The molecule has 1 atom stereocenters. The van der Waals surface area contributed by atoms with Gasteiger partial charge in [0.15, 0.2) is 5.01 Å². The first-order valence-electron chi connectivity index (χ1n) is 9.46. The summed E-state index contributed by atoms with van der Waals surface area (Å²) in [6.45, 7) is 1.73. The van der Waals surface area contributed by atoms with Crippen LogP contribution >= 0.6 is 11.3 Å². The Morgan fingerprint density at radius 3 is 2.48 bits per heavy atom. The number of rotatable bonds is 4. The van der Waals surface area contributed by atoms with Crippen LogP contribution in [0.1, 0.15) is 33.9 Å². The predicted octanol–water partition coefficient (Wildman–Crippen LogP) is 4.24. The van der Waals surface area contributed by atoms with Crippen molar-refractivity contribution in [2.24, 2.45) is 0 Å². The van der Waals surface area contributed by atoms with Crippen molar-refractivity contribution in [3.05, 3.63) is 64.0 Å². The number of carbonyl (C=O) groups is 2. The number of benzene rings is 2. The fourth-order valence-corrected chi connectivity index (χ4v) is 5.51. The highest BCUT2D eigenvalue weighted by Crippen LogP contribution is 2.45. The van der Waals surface area contributed by atoms with Gasteiger partial charge in [0, 0.05) is 16.5 Å². The Balaban J connectivity index is 1.55. The number of hydrogen-bond donors (Lipinski definition) is 2. The number of fused-ring (bicyclic) bond motifs is 1. The summed E-state index contributed by atoms with van der Waals surface area (Å²) in [6, 6.07) is 9.18. The van der Waals surface area contributed by atoms with Gasteiger partial charge in [-0.1, -0.05) is 36.4 Å². The van der Waals surface area contributed by atoms with Gasteiger partial charge in [0.2, 0.25) is 5.78 Å². The van der Waals surface area contributed by atoms with Gasteiger partial charge in [-0.15, -0.1) is 17.8 Å². The molecule has 2 heterocycles. The Bertz CT molecular complexity index is 1420. The molecule has 2 N–H and O–H groups in total. The van der Waals surface area contributed by atoms with Crippen LogP contribution in [0.5, 0.6) is 0 Å². The average molecular weight is 488 g/mol. The molecule has 168 valence electrons.